The number of nitrogens with zero attached hydrogens (tertiary/aromatic N) is 6. The summed E-state index contributed by atoms with van der Waals surface area (Å²) < 4.78 is 41.7. The van der Waals surface area contributed by atoms with Crippen LogP contribution in [0, 0.1) is 5.82 Å². The summed E-state index contributed by atoms with van der Waals surface area (Å²) in [6.45, 7) is 4.03. The minimum absolute atomic E-state index is 0.00502. The highest BCUT2D eigenvalue weighted by Crippen LogP contribution is 2.28. The van der Waals surface area contributed by atoms with Crippen LogP contribution in [0.25, 0.3) is 22.3 Å². The summed E-state index contributed by atoms with van der Waals surface area (Å²) in [6, 6.07) is 9.51. The van der Waals surface area contributed by atoms with Gasteiger partial charge in [0.15, 0.2) is 5.82 Å². The van der Waals surface area contributed by atoms with Gasteiger partial charge >= 0.3 is 0 Å². The van der Waals surface area contributed by atoms with E-state index in [1.54, 1.807) is 30.5 Å². The van der Waals surface area contributed by atoms with Gasteiger partial charge in [0.1, 0.15) is 17.7 Å². The van der Waals surface area contributed by atoms with Crippen molar-refractivity contribution in [2.75, 3.05) is 55.6 Å². The summed E-state index contributed by atoms with van der Waals surface area (Å²) in [5, 5.41) is 3.08. The van der Waals surface area contributed by atoms with Crippen LogP contribution in [0.1, 0.15) is 0 Å². The van der Waals surface area contributed by atoms with E-state index in [1.807, 2.05) is 0 Å². The number of aromatic nitrogens is 4. The molecule has 1 aliphatic rings. The van der Waals surface area contributed by atoms with Crippen LogP contribution < -0.4 is 10.0 Å². The standard InChI is InChI=1S/C25H26ClFN8O2S/c1-34-6-8-35(9-7-34)10-11-38(36,37)33-19-12-17(14-28-15-19)22-4-5-23-24(32-22)25(30-16-29-23)31-18-2-3-21(27)20(26)13-18/h2-5,12-16,33H,6-11H2,1H3,(H,29,30,31). The van der Waals surface area contributed by atoms with Crippen molar-refractivity contribution in [1.82, 2.24) is 29.7 Å². The Kier molecular flexibility index (Phi) is 7.65. The minimum atomic E-state index is -3.56. The number of pyridine rings is 2. The Morgan fingerprint density at radius 1 is 1.03 bits per heavy atom. The Bertz CT molecular complexity index is 1560. The lowest BCUT2D eigenvalue weighted by Gasteiger charge is -2.32. The maximum absolute atomic E-state index is 13.6. The fourth-order valence-corrected chi connectivity index (χ4v) is 5.34. The summed E-state index contributed by atoms with van der Waals surface area (Å²) in [6.07, 6.45) is 4.47. The molecule has 0 amide bonds. The summed E-state index contributed by atoms with van der Waals surface area (Å²) in [7, 11) is -1.50. The third-order valence-corrected chi connectivity index (χ3v) is 7.80. The Labute approximate surface area is 225 Å². The third kappa shape index (κ3) is 6.33. The molecule has 0 bridgehead atoms. The molecule has 2 N–H and O–H groups in total. The molecule has 1 aliphatic heterocycles. The molecule has 10 nitrogen and oxygen atoms in total. The first kappa shape index (κ1) is 26.2. The largest absolute Gasteiger partial charge is 0.338 e. The molecule has 0 atom stereocenters. The zero-order valence-corrected chi connectivity index (χ0v) is 22.2. The maximum atomic E-state index is 13.6. The number of rotatable bonds is 8. The molecular weight excluding hydrogens is 531 g/mol. The van der Waals surface area contributed by atoms with E-state index in [2.05, 4.69) is 41.8 Å². The van der Waals surface area contributed by atoms with Crippen molar-refractivity contribution >= 4 is 49.9 Å². The molecule has 1 fully saturated rings. The number of benzene rings is 1. The van der Waals surface area contributed by atoms with Crippen molar-refractivity contribution in [1.29, 1.82) is 0 Å². The van der Waals surface area contributed by atoms with Gasteiger partial charge in [-0.3, -0.25) is 14.6 Å². The van der Waals surface area contributed by atoms with Crippen molar-refractivity contribution in [3.63, 3.8) is 0 Å². The van der Waals surface area contributed by atoms with Gasteiger partial charge in [-0.1, -0.05) is 11.6 Å². The van der Waals surface area contributed by atoms with Crippen LogP contribution in [0.15, 0.2) is 55.1 Å². The highest BCUT2D eigenvalue weighted by molar-refractivity contribution is 7.92. The normalized spacial score (nSPS) is 15.0. The molecule has 0 spiro atoms. The molecule has 0 aliphatic carbocycles. The lowest BCUT2D eigenvalue weighted by molar-refractivity contribution is 0.161. The highest BCUT2D eigenvalue weighted by Gasteiger charge is 2.18. The van der Waals surface area contributed by atoms with E-state index < -0.39 is 15.8 Å². The monoisotopic (exact) mass is 556 g/mol. The van der Waals surface area contributed by atoms with Gasteiger partial charge in [0, 0.05) is 50.2 Å². The molecule has 0 unspecified atom stereocenters. The van der Waals surface area contributed by atoms with Gasteiger partial charge in [-0.15, -0.1) is 0 Å². The number of piperazine rings is 1. The minimum Gasteiger partial charge on any atom is -0.338 e. The van der Waals surface area contributed by atoms with Crippen LogP contribution in [0.5, 0.6) is 0 Å². The van der Waals surface area contributed by atoms with Crippen LogP contribution >= 0.6 is 11.6 Å². The van der Waals surface area contributed by atoms with E-state index in [1.165, 1.54) is 24.7 Å². The Morgan fingerprint density at radius 2 is 1.84 bits per heavy atom. The maximum Gasteiger partial charge on any atom is 0.234 e. The molecule has 1 aromatic carbocycles. The van der Waals surface area contributed by atoms with Gasteiger partial charge in [-0.25, -0.2) is 27.8 Å². The Morgan fingerprint density at radius 3 is 2.63 bits per heavy atom. The van der Waals surface area contributed by atoms with Gasteiger partial charge in [0.05, 0.1) is 33.9 Å². The van der Waals surface area contributed by atoms with Gasteiger partial charge in [0.2, 0.25) is 10.0 Å². The van der Waals surface area contributed by atoms with Crippen LogP contribution in [0.3, 0.4) is 0 Å². The average molecular weight is 557 g/mol. The molecule has 38 heavy (non-hydrogen) atoms. The number of sulfonamides is 1. The van der Waals surface area contributed by atoms with Crippen molar-refractivity contribution < 1.29 is 12.8 Å². The first-order valence-electron chi connectivity index (χ1n) is 12.0. The summed E-state index contributed by atoms with van der Waals surface area (Å²) in [5.41, 5.74) is 3.13. The number of nitrogens with one attached hydrogen (secondary N) is 2. The van der Waals surface area contributed by atoms with E-state index in [4.69, 9.17) is 16.6 Å². The van der Waals surface area contributed by atoms with E-state index in [9.17, 15) is 12.8 Å². The number of hydrogen-bond acceptors (Lipinski definition) is 9. The molecular formula is C25H26ClFN8O2S. The number of fused-ring (bicyclic) bond motifs is 1. The lowest BCUT2D eigenvalue weighted by Crippen LogP contribution is -2.46. The number of hydrogen-bond donors (Lipinski definition) is 2. The van der Waals surface area contributed by atoms with E-state index in [0.29, 0.717) is 46.0 Å². The molecule has 0 radical (unpaired) electrons. The average Bonchev–Trinajstić information content (AvgIpc) is 2.90. The molecule has 13 heteroatoms. The van der Waals surface area contributed by atoms with E-state index in [0.717, 1.165) is 26.2 Å². The van der Waals surface area contributed by atoms with Crippen molar-refractivity contribution in [3.05, 3.63) is 66.0 Å². The highest BCUT2D eigenvalue weighted by atomic mass is 35.5. The predicted molar refractivity (Wildman–Crippen MR) is 147 cm³/mol. The SMILES string of the molecule is CN1CCN(CCS(=O)(=O)Nc2cncc(-c3ccc4ncnc(Nc5ccc(F)c(Cl)c5)c4n3)c2)CC1. The summed E-state index contributed by atoms with van der Waals surface area (Å²) in [4.78, 5) is 21.8. The zero-order valence-electron chi connectivity index (χ0n) is 20.6. The Hall–Kier alpha value is -3.45. The molecule has 198 valence electrons. The summed E-state index contributed by atoms with van der Waals surface area (Å²) in [5.74, 6) is -0.115. The van der Waals surface area contributed by atoms with Gasteiger partial charge in [-0.2, -0.15) is 0 Å². The number of anilines is 3. The van der Waals surface area contributed by atoms with Crippen molar-refractivity contribution in [2.24, 2.45) is 0 Å². The van der Waals surface area contributed by atoms with E-state index >= 15 is 0 Å². The van der Waals surface area contributed by atoms with Gasteiger partial charge < -0.3 is 10.2 Å². The second kappa shape index (κ2) is 11.1. The second-order valence-electron chi connectivity index (χ2n) is 9.07. The van der Waals surface area contributed by atoms with Crippen molar-refractivity contribution in [3.8, 4) is 11.3 Å². The van der Waals surface area contributed by atoms with E-state index in [-0.39, 0.29) is 10.8 Å². The van der Waals surface area contributed by atoms with Crippen LogP contribution in [0.2, 0.25) is 5.02 Å². The molecule has 0 saturated carbocycles. The molecule has 4 aromatic rings. The van der Waals surface area contributed by atoms with Crippen molar-refractivity contribution in [2.45, 2.75) is 0 Å². The van der Waals surface area contributed by atoms with Gasteiger partial charge in [-0.05, 0) is 43.4 Å². The van der Waals surface area contributed by atoms with Crippen LogP contribution in [-0.2, 0) is 10.0 Å². The van der Waals surface area contributed by atoms with Crippen LogP contribution in [-0.4, -0.2) is 83.7 Å². The number of likely N-dealkylation sites (N-methyl/N-ethyl adjacent to an activating group) is 1. The quantitative estimate of drug-likeness (QED) is 0.335. The number of halogens is 2. The molecule has 4 heterocycles. The second-order valence-corrected chi connectivity index (χ2v) is 11.3. The van der Waals surface area contributed by atoms with Gasteiger partial charge in [0.25, 0.3) is 0 Å². The summed E-state index contributed by atoms with van der Waals surface area (Å²) >= 11 is 5.91. The topological polar surface area (TPSA) is 116 Å². The fraction of sp³-hybridized carbons (Fsp3) is 0.280. The smallest absolute Gasteiger partial charge is 0.234 e. The predicted octanol–water partition coefficient (Wildman–Crippen LogP) is 3.61. The first-order valence-corrected chi connectivity index (χ1v) is 14.0. The first-order chi connectivity index (χ1) is 18.3. The third-order valence-electron chi connectivity index (χ3n) is 6.24. The lowest BCUT2D eigenvalue weighted by atomic mass is 10.1. The molecule has 3 aromatic heterocycles. The zero-order chi connectivity index (χ0) is 26.7. The fourth-order valence-electron chi connectivity index (χ4n) is 4.09. The van der Waals surface area contributed by atoms with Crippen LogP contribution in [0.4, 0.5) is 21.6 Å². The molecule has 1 saturated heterocycles. The Balaban J connectivity index is 1.34. The molecule has 5 rings (SSSR count).